The van der Waals surface area contributed by atoms with E-state index in [1.54, 1.807) is 11.0 Å². The summed E-state index contributed by atoms with van der Waals surface area (Å²) in [5.41, 5.74) is 2.14. The van der Waals surface area contributed by atoms with Gasteiger partial charge in [-0.15, -0.1) is 0 Å². The Morgan fingerprint density at radius 2 is 2.08 bits per heavy atom. The van der Waals surface area contributed by atoms with Crippen molar-refractivity contribution in [3.63, 3.8) is 0 Å². The van der Waals surface area contributed by atoms with E-state index >= 15 is 0 Å². The Morgan fingerprint density at radius 1 is 1.27 bits per heavy atom. The summed E-state index contributed by atoms with van der Waals surface area (Å²) in [6, 6.07) is 8.09. The lowest BCUT2D eigenvalue weighted by Gasteiger charge is -2.38. The van der Waals surface area contributed by atoms with E-state index in [1.165, 1.54) is 0 Å². The van der Waals surface area contributed by atoms with Gasteiger partial charge >= 0.3 is 0 Å². The summed E-state index contributed by atoms with van der Waals surface area (Å²) >= 11 is 0. The smallest absolute Gasteiger partial charge is 0.254 e. The number of nitrogens with one attached hydrogen (secondary N) is 1. The van der Waals surface area contributed by atoms with Gasteiger partial charge in [-0.2, -0.15) is 5.26 Å². The van der Waals surface area contributed by atoms with Crippen molar-refractivity contribution in [3.8, 4) is 6.07 Å². The molecular weight excluding hydrogens is 330 g/mol. The molecule has 26 heavy (non-hydrogen) atoms. The maximum atomic E-state index is 13.0. The second-order valence-electron chi connectivity index (χ2n) is 7.32. The molecule has 1 aromatic rings. The summed E-state index contributed by atoms with van der Waals surface area (Å²) in [6.45, 7) is 2.48. The van der Waals surface area contributed by atoms with Crippen molar-refractivity contribution in [3.05, 3.63) is 23.8 Å². The number of carbonyl (C=O) groups excluding carboxylic acids is 2. The number of hydrogen-bond donors (Lipinski definition) is 1. The normalized spacial score (nSPS) is 23.7. The molecule has 2 amide bonds. The number of rotatable bonds is 2. The third-order valence-electron chi connectivity index (χ3n) is 5.48. The van der Waals surface area contributed by atoms with Gasteiger partial charge < -0.3 is 15.1 Å². The van der Waals surface area contributed by atoms with Crippen LogP contribution in [-0.2, 0) is 4.79 Å². The fraction of sp³-hybridized carbons (Fsp3) is 0.526. The molecule has 7 heteroatoms. The Kier molecular flexibility index (Phi) is 4.29. The van der Waals surface area contributed by atoms with Crippen molar-refractivity contribution in [1.29, 1.82) is 5.26 Å². The SMILES string of the molecule is CN1CCC(=O)Nc2cc(C(=O)N3CCN(C4CC4)C(C#N)C3)ccc21. The van der Waals surface area contributed by atoms with Gasteiger partial charge in [0.05, 0.1) is 17.4 Å². The summed E-state index contributed by atoms with van der Waals surface area (Å²) in [4.78, 5) is 30.9. The zero-order chi connectivity index (χ0) is 18.3. The summed E-state index contributed by atoms with van der Waals surface area (Å²) in [6.07, 6.45) is 2.75. The molecule has 4 rings (SSSR count). The molecule has 0 aromatic heterocycles. The predicted octanol–water partition coefficient (Wildman–Crippen LogP) is 1.28. The molecule has 2 aliphatic heterocycles. The van der Waals surface area contributed by atoms with Gasteiger partial charge in [0.1, 0.15) is 6.04 Å². The molecule has 7 nitrogen and oxygen atoms in total. The number of nitriles is 1. The van der Waals surface area contributed by atoms with Crippen molar-refractivity contribution in [2.75, 3.05) is 43.4 Å². The number of anilines is 2. The highest BCUT2D eigenvalue weighted by molar-refractivity contribution is 6.01. The van der Waals surface area contributed by atoms with Crippen LogP contribution in [0.1, 0.15) is 29.6 Å². The van der Waals surface area contributed by atoms with Crippen molar-refractivity contribution < 1.29 is 9.59 Å². The van der Waals surface area contributed by atoms with Gasteiger partial charge in [-0.1, -0.05) is 0 Å². The predicted molar refractivity (Wildman–Crippen MR) is 98.0 cm³/mol. The van der Waals surface area contributed by atoms with Crippen LogP contribution in [0.3, 0.4) is 0 Å². The van der Waals surface area contributed by atoms with Crippen LogP contribution in [-0.4, -0.2) is 66.9 Å². The fourth-order valence-corrected chi connectivity index (χ4v) is 3.83. The van der Waals surface area contributed by atoms with Crippen LogP contribution in [0.15, 0.2) is 18.2 Å². The average molecular weight is 353 g/mol. The maximum Gasteiger partial charge on any atom is 0.254 e. The summed E-state index contributed by atoms with van der Waals surface area (Å²) in [5, 5.41) is 12.4. The number of carbonyl (C=O) groups is 2. The maximum absolute atomic E-state index is 13.0. The first kappa shape index (κ1) is 16.9. The number of hydrogen-bond acceptors (Lipinski definition) is 5. The van der Waals surface area contributed by atoms with Crippen LogP contribution in [0.2, 0.25) is 0 Å². The lowest BCUT2D eigenvalue weighted by molar-refractivity contribution is -0.115. The number of benzene rings is 1. The molecular formula is C19H23N5O2. The molecule has 1 saturated heterocycles. The average Bonchev–Trinajstić information content (AvgIpc) is 3.50. The Hall–Kier alpha value is -2.59. The minimum atomic E-state index is -0.230. The van der Waals surface area contributed by atoms with Crippen molar-refractivity contribution in [2.45, 2.75) is 31.3 Å². The van der Waals surface area contributed by atoms with Gasteiger partial charge in [0, 0.05) is 51.3 Å². The van der Waals surface area contributed by atoms with Crippen LogP contribution in [0.4, 0.5) is 11.4 Å². The van der Waals surface area contributed by atoms with E-state index in [0.29, 0.717) is 43.3 Å². The minimum Gasteiger partial charge on any atom is -0.372 e. The van der Waals surface area contributed by atoms with Crippen LogP contribution < -0.4 is 10.2 Å². The Balaban J connectivity index is 1.53. The van der Waals surface area contributed by atoms with Gasteiger partial charge in [-0.25, -0.2) is 0 Å². The highest BCUT2D eigenvalue weighted by atomic mass is 16.2. The molecule has 136 valence electrons. The molecule has 1 aromatic carbocycles. The standard InChI is InChI=1S/C19H23N5O2/c1-22-7-6-18(25)21-16-10-13(2-5-17(16)22)19(26)23-8-9-24(14-3-4-14)15(11-20)12-23/h2,5,10,14-15H,3-4,6-9,12H2,1H3,(H,21,25). The number of amides is 2. The van der Waals surface area contributed by atoms with E-state index in [-0.39, 0.29) is 17.9 Å². The lowest BCUT2D eigenvalue weighted by Crippen LogP contribution is -2.54. The summed E-state index contributed by atoms with van der Waals surface area (Å²) < 4.78 is 0. The van der Waals surface area contributed by atoms with Gasteiger partial charge in [-0.3, -0.25) is 14.5 Å². The van der Waals surface area contributed by atoms with E-state index in [2.05, 4.69) is 16.3 Å². The van der Waals surface area contributed by atoms with Crippen LogP contribution >= 0.6 is 0 Å². The first-order valence-corrected chi connectivity index (χ1v) is 9.16. The second kappa shape index (κ2) is 6.61. The highest BCUT2D eigenvalue weighted by Gasteiger charge is 2.38. The number of piperazine rings is 1. The van der Waals surface area contributed by atoms with Gasteiger partial charge in [-0.05, 0) is 31.0 Å². The highest BCUT2D eigenvalue weighted by Crippen LogP contribution is 2.32. The van der Waals surface area contributed by atoms with E-state index < -0.39 is 0 Å². The topological polar surface area (TPSA) is 79.7 Å². The minimum absolute atomic E-state index is 0.0391. The second-order valence-corrected chi connectivity index (χ2v) is 7.32. The fourth-order valence-electron chi connectivity index (χ4n) is 3.83. The summed E-state index contributed by atoms with van der Waals surface area (Å²) in [5.74, 6) is -0.118. The number of fused-ring (bicyclic) bond motifs is 1. The largest absolute Gasteiger partial charge is 0.372 e. The van der Waals surface area contributed by atoms with E-state index in [4.69, 9.17) is 0 Å². The van der Waals surface area contributed by atoms with Crippen molar-refractivity contribution in [1.82, 2.24) is 9.80 Å². The molecule has 1 unspecified atom stereocenters. The molecule has 1 saturated carbocycles. The van der Waals surface area contributed by atoms with Crippen molar-refractivity contribution in [2.24, 2.45) is 0 Å². The zero-order valence-electron chi connectivity index (χ0n) is 14.9. The molecule has 1 N–H and O–H groups in total. The van der Waals surface area contributed by atoms with Crippen LogP contribution in [0, 0.1) is 11.3 Å². The quantitative estimate of drug-likeness (QED) is 0.866. The first-order chi connectivity index (χ1) is 12.6. The monoisotopic (exact) mass is 353 g/mol. The zero-order valence-corrected chi connectivity index (χ0v) is 14.9. The molecule has 2 fully saturated rings. The van der Waals surface area contributed by atoms with E-state index in [1.807, 2.05) is 24.1 Å². The van der Waals surface area contributed by atoms with Gasteiger partial charge in [0.15, 0.2) is 0 Å². The Morgan fingerprint density at radius 3 is 2.81 bits per heavy atom. The molecule has 0 radical (unpaired) electrons. The summed E-state index contributed by atoms with van der Waals surface area (Å²) in [7, 11) is 1.94. The van der Waals surface area contributed by atoms with Crippen LogP contribution in [0.25, 0.3) is 0 Å². The van der Waals surface area contributed by atoms with Gasteiger partial charge in [0.25, 0.3) is 5.91 Å². The molecule has 1 atom stereocenters. The number of nitrogens with zero attached hydrogens (tertiary/aromatic N) is 4. The van der Waals surface area contributed by atoms with Gasteiger partial charge in [0.2, 0.25) is 5.91 Å². The molecule has 0 spiro atoms. The molecule has 3 aliphatic rings. The third kappa shape index (κ3) is 3.13. The first-order valence-electron chi connectivity index (χ1n) is 9.16. The molecule has 1 aliphatic carbocycles. The van der Waals surface area contributed by atoms with E-state index in [9.17, 15) is 14.9 Å². The Bertz CT molecular complexity index is 783. The Labute approximate surface area is 153 Å². The lowest BCUT2D eigenvalue weighted by atomic mass is 10.1. The molecule has 0 bridgehead atoms. The molecule has 2 heterocycles. The van der Waals surface area contributed by atoms with E-state index in [0.717, 1.165) is 25.1 Å². The van der Waals surface area contributed by atoms with Crippen LogP contribution in [0.5, 0.6) is 0 Å². The van der Waals surface area contributed by atoms with Crippen molar-refractivity contribution >= 4 is 23.2 Å². The third-order valence-corrected chi connectivity index (χ3v) is 5.48.